The van der Waals surface area contributed by atoms with E-state index in [4.69, 9.17) is 10.5 Å². The second-order valence-electron chi connectivity index (χ2n) is 4.30. The quantitative estimate of drug-likeness (QED) is 0.774. The summed E-state index contributed by atoms with van der Waals surface area (Å²) in [6.45, 7) is 0.978. The van der Waals surface area contributed by atoms with Crippen molar-refractivity contribution < 1.29 is 0 Å². The number of para-hydroxylation sites is 2. The number of nitrogens with zero attached hydrogens (tertiary/aromatic N) is 2. The molecule has 0 radical (unpaired) electrons. The third-order valence-corrected chi connectivity index (χ3v) is 2.82. The molecule has 0 aromatic heterocycles. The standard InChI is InChI=1S/C14H14N4/c15-7-12(8-16)10-18-14-4-2-1-3-13(14)17-9-11-5-6-11/h1-4,10-11,17-18H,5-6,9H2. The van der Waals surface area contributed by atoms with Crippen LogP contribution in [-0.4, -0.2) is 6.54 Å². The predicted molar refractivity (Wildman–Crippen MR) is 70.6 cm³/mol. The fourth-order valence-corrected chi connectivity index (χ4v) is 1.58. The van der Waals surface area contributed by atoms with Gasteiger partial charge in [0, 0.05) is 12.7 Å². The maximum atomic E-state index is 8.66. The van der Waals surface area contributed by atoms with Gasteiger partial charge in [0.15, 0.2) is 0 Å². The van der Waals surface area contributed by atoms with Crippen LogP contribution in [0.1, 0.15) is 12.8 Å². The first-order chi connectivity index (χ1) is 8.83. The molecule has 1 saturated carbocycles. The lowest BCUT2D eigenvalue weighted by molar-refractivity contribution is 0.889. The Morgan fingerprint density at radius 3 is 2.50 bits per heavy atom. The second kappa shape index (κ2) is 5.75. The van der Waals surface area contributed by atoms with Crippen molar-refractivity contribution in [3.63, 3.8) is 0 Å². The number of allylic oxidation sites excluding steroid dienone is 1. The lowest BCUT2D eigenvalue weighted by Gasteiger charge is -2.11. The summed E-state index contributed by atoms with van der Waals surface area (Å²) in [6, 6.07) is 11.4. The van der Waals surface area contributed by atoms with Gasteiger partial charge in [0.2, 0.25) is 0 Å². The van der Waals surface area contributed by atoms with Gasteiger partial charge in [-0.2, -0.15) is 10.5 Å². The number of benzene rings is 1. The molecule has 0 bridgehead atoms. The molecule has 0 unspecified atom stereocenters. The summed E-state index contributed by atoms with van der Waals surface area (Å²) >= 11 is 0. The Kier molecular flexibility index (Phi) is 3.83. The molecule has 1 fully saturated rings. The number of rotatable bonds is 5. The van der Waals surface area contributed by atoms with Gasteiger partial charge in [-0.1, -0.05) is 12.1 Å². The Morgan fingerprint density at radius 2 is 1.89 bits per heavy atom. The van der Waals surface area contributed by atoms with Crippen LogP contribution in [0.15, 0.2) is 36.0 Å². The number of hydrogen-bond donors (Lipinski definition) is 2. The number of nitrogens with one attached hydrogen (secondary N) is 2. The molecule has 4 heteroatoms. The van der Waals surface area contributed by atoms with Gasteiger partial charge in [-0.15, -0.1) is 0 Å². The minimum Gasteiger partial charge on any atom is -0.383 e. The Balaban J connectivity index is 2.04. The summed E-state index contributed by atoms with van der Waals surface area (Å²) in [7, 11) is 0. The first-order valence-corrected chi connectivity index (χ1v) is 5.93. The monoisotopic (exact) mass is 238 g/mol. The van der Waals surface area contributed by atoms with E-state index in [2.05, 4.69) is 10.6 Å². The molecule has 18 heavy (non-hydrogen) atoms. The minimum atomic E-state index is 0.0620. The summed E-state index contributed by atoms with van der Waals surface area (Å²) in [5.41, 5.74) is 1.93. The van der Waals surface area contributed by atoms with E-state index in [0.29, 0.717) is 0 Å². The minimum absolute atomic E-state index is 0.0620. The van der Waals surface area contributed by atoms with Crippen molar-refractivity contribution in [2.24, 2.45) is 5.92 Å². The Morgan fingerprint density at radius 1 is 1.22 bits per heavy atom. The highest BCUT2D eigenvalue weighted by atomic mass is 14.9. The van der Waals surface area contributed by atoms with E-state index in [0.717, 1.165) is 23.8 Å². The summed E-state index contributed by atoms with van der Waals surface area (Å²) in [4.78, 5) is 0. The van der Waals surface area contributed by atoms with Crippen LogP contribution < -0.4 is 10.6 Å². The molecule has 0 amide bonds. The summed E-state index contributed by atoms with van der Waals surface area (Å²) in [5, 5.41) is 23.7. The molecule has 1 aromatic carbocycles. The Labute approximate surface area is 107 Å². The number of anilines is 2. The van der Waals surface area contributed by atoms with Crippen molar-refractivity contribution in [1.82, 2.24) is 0 Å². The largest absolute Gasteiger partial charge is 0.383 e. The van der Waals surface area contributed by atoms with Crippen LogP contribution in [-0.2, 0) is 0 Å². The molecule has 1 aliphatic rings. The highest BCUT2D eigenvalue weighted by molar-refractivity contribution is 5.70. The van der Waals surface area contributed by atoms with Crippen LogP contribution in [0.4, 0.5) is 11.4 Å². The van der Waals surface area contributed by atoms with Gasteiger partial charge in [-0.3, -0.25) is 0 Å². The van der Waals surface area contributed by atoms with Gasteiger partial charge in [0.25, 0.3) is 0 Å². The lowest BCUT2D eigenvalue weighted by atomic mass is 10.2. The lowest BCUT2D eigenvalue weighted by Crippen LogP contribution is -2.05. The molecule has 2 N–H and O–H groups in total. The maximum Gasteiger partial charge on any atom is 0.145 e. The van der Waals surface area contributed by atoms with Gasteiger partial charge < -0.3 is 10.6 Å². The highest BCUT2D eigenvalue weighted by Crippen LogP contribution is 2.30. The Hall–Kier alpha value is -2.46. The van der Waals surface area contributed by atoms with E-state index in [9.17, 15) is 0 Å². The average Bonchev–Trinajstić information content (AvgIpc) is 3.23. The van der Waals surface area contributed by atoms with E-state index in [1.54, 1.807) is 0 Å². The average molecular weight is 238 g/mol. The zero-order chi connectivity index (χ0) is 12.8. The third kappa shape index (κ3) is 3.26. The van der Waals surface area contributed by atoms with Crippen molar-refractivity contribution in [2.75, 3.05) is 17.2 Å². The van der Waals surface area contributed by atoms with E-state index in [1.807, 2.05) is 36.4 Å². The molecule has 0 aliphatic heterocycles. The molecule has 2 rings (SSSR count). The summed E-state index contributed by atoms with van der Waals surface area (Å²) < 4.78 is 0. The molecule has 0 atom stereocenters. The fourth-order valence-electron chi connectivity index (χ4n) is 1.58. The van der Waals surface area contributed by atoms with Crippen LogP contribution >= 0.6 is 0 Å². The van der Waals surface area contributed by atoms with Crippen LogP contribution in [0.25, 0.3) is 0 Å². The third-order valence-electron chi connectivity index (χ3n) is 2.82. The molecule has 0 heterocycles. The molecule has 4 nitrogen and oxygen atoms in total. The fraction of sp³-hybridized carbons (Fsp3) is 0.286. The number of hydrogen-bond acceptors (Lipinski definition) is 4. The zero-order valence-corrected chi connectivity index (χ0v) is 9.98. The van der Waals surface area contributed by atoms with Gasteiger partial charge in [-0.25, -0.2) is 0 Å². The molecule has 90 valence electrons. The first kappa shape index (κ1) is 12.0. The van der Waals surface area contributed by atoms with Crippen molar-refractivity contribution >= 4 is 11.4 Å². The SMILES string of the molecule is N#CC(C#N)=CNc1ccccc1NCC1CC1. The topological polar surface area (TPSA) is 71.6 Å². The Bertz CT molecular complexity index is 513. The summed E-state index contributed by atoms with van der Waals surface area (Å²) in [6.07, 6.45) is 4.03. The van der Waals surface area contributed by atoms with Crippen molar-refractivity contribution in [1.29, 1.82) is 10.5 Å². The van der Waals surface area contributed by atoms with Crippen LogP contribution in [0.3, 0.4) is 0 Å². The normalized spacial score (nSPS) is 13.0. The van der Waals surface area contributed by atoms with Crippen LogP contribution in [0.2, 0.25) is 0 Å². The maximum absolute atomic E-state index is 8.66. The van der Waals surface area contributed by atoms with Crippen molar-refractivity contribution in [3.8, 4) is 12.1 Å². The molecule has 0 spiro atoms. The zero-order valence-electron chi connectivity index (χ0n) is 9.98. The summed E-state index contributed by atoms with van der Waals surface area (Å²) in [5.74, 6) is 0.794. The van der Waals surface area contributed by atoms with E-state index in [-0.39, 0.29) is 5.57 Å². The molecule has 1 aliphatic carbocycles. The molecule has 0 saturated heterocycles. The first-order valence-electron chi connectivity index (χ1n) is 5.93. The van der Waals surface area contributed by atoms with Crippen molar-refractivity contribution in [2.45, 2.75) is 12.8 Å². The van der Waals surface area contributed by atoms with Gasteiger partial charge in [-0.05, 0) is 30.9 Å². The van der Waals surface area contributed by atoms with Gasteiger partial charge in [0.05, 0.1) is 11.4 Å². The van der Waals surface area contributed by atoms with Crippen LogP contribution in [0, 0.1) is 28.6 Å². The smallest absolute Gasteiger partial charge is 0.145 e. The van der Waals surface area contributed by atoms with E-state index >= 15 is 0 Å². The molecule has 1 aromatic rings. The highest BCUT2D eigenvalue weighted by Gasteiger charge is 2.20. The van der Waals surface area contributed by atoms with Crippen molar-refractivity contribution in [3.05, 3.63) is 36.0 Å². The van der Waals surface area contributed by atoms with E-state index < -0.39 is 0 Å². The van der Waals surface area contributed by atoms with Gasteiger partial charge >= 0.3 is 0 Å². The van der Waals surface area contributed by atoms with E-state index in [1.165, 1.54) is 19.0 Å². The predicted octanol–water partition coefficient (Wildman–Crippen LogP) is 2.85. The van der Waals surface area contributed by atoms with Crippen LogP contribution in [0.5, 0.6) is 0 Å². The van der Waals surface area contributed by atoms with Gasteiger partial charge in [0.1, 0.15) is 17.7 Å². The second-order valence-corrected chi connectivity index (χ2v) is 4.30. The number of nitriles is 2. The molecular weight excluding hydrogens is 224 g/mol. The molecular formula is C14H14N4.